The predicted molar refractivity (Wildman–Crippen MR) is 124 cm³/mol. The first-order valence-corrected chi connectivity index (χ1v) is 12.7. The Hall–Kier alpha value is -1.05. The van der Waals surface area contributed by atoms with Crippen molar-refractivity contribution in [3.63, 3.8) is 0 Å². The minimum absolute atomic E-state index is 0.873. The van der Waals surface area contributed by atoms with E-state index in [1.165, 1.54) is 109 Å². The molecule has 1 N–H and O–H groups in total. The first kappa shape index (κ1) is 24.2. The van der Waals surface area contributed by atoms with Gasteiger partial charge in [-0.1, -0.05) is 95.8 Å². The monoisotopic (exact) mass is 402 g/mol. The van der Waals surface area contributed by atoms with Crippen molar-refractivity contribution in [3.05, 3.63) is 24.3 Å². The van der Waals surface area contributed by atoms with Gasteiger partial charge in [-0.25, -0.2) is 4.79 Å². The maximum absolute atomic E-state index is 10.4. The third-order valence-corrected chi connectivity index (χ3v) is 7.63. The minimum Gasteiger partial charge on any atom is -0.478 e. The predicted octanol–water partition coefficient (Wildman–Crippen LogP) is 8.33. The van der Waals surface area contributed by atoms with Crippen molar-refractivity contribution in [2.75, 3.05) is 0 Å². The molecule has 2 aliphatic carbocycles. The second-order valence-corrected chi connectivity index (χ2v) is 9.82. The Bertz CT molecular complexity index is 477. The summed E-state index contributed by atoms with van der Waals surface area (Å²) in [6, 6.07) is 0. The second-order valence-electron chi connectivity index (χ2n) is 9.82. The number of rotatable bonds is 13. The first-order chi connectivity index (χ1) is 14.2. The summed E-state index contributed by atoms with van der Waals surface area (Å²) >= 11 is 0. The minimum atomic E-state index is -0.873. The van der Waals surface area contributed by atoms with Crippen LogP contribution in [0.5, 0.6) is 0 Å². The molecule has 0 aromatic heterocycles. The van der Waals surface area contributed by atoms with Crippen molar-refractivity contribution in [2.45, 2.75) is 116 Å². The Morgan fingerprint density at radius 1 is 0.759 bits per heavy atom. The van der Waals surface area contributed by atoms with E-state index < -0.39 is 5.97 Å². The van der Waals surface area contributed by atoms with E-state index in [9.17, 15) is 4.79 Å². The van der Waals surface area contributed by atoms with Gasteiger partial charge in [-0.05, 0) is 62.2 Å². The molecular weight excluding hydrogens is 356 g/mol. The number of carboxylic acid groups (broad SMARTS) is 1. The van der Waals surface area contributed by atoms with Crippen molar-refractivity contribution in [1.82, 2.24) is 0 Å². The highest BCUT2D eigenvalue weighted by Gasteiger charge is 2.30. The zero-order chi connectivity index (χ0) is 20.7. The SMILES string of the molecule is CCCCCCC[C@H]1CC[C@H]([C@H]2CC[C@H](CCC/C=C/C=C/C(=O)O)CC2)CC1. The Kier molecular flexibility index (Phi) is 12.4. The van der Waals surface area contributed by atoms with Crippen molar-refractivity contribution in [1.29, 1.82) is 0 Å². The number of unbranched alkanes of at least 4 members (excludes halogenated alkanes) is 5. The van der Waals surface area contributed by atoms with Gasteiger partial charge in [0.2, 0.25) is 0 Å². The van der Waals surface area contributed by atoms with E-state index in [2.05, 4.69) is 13.0 Å². The topological polar surface area (TPSA) is 37.3 Å². The number of aliphatic carboxylic acids is 1. The van der Waals surface area contributed by atoms with E-state index in [0.717, 1.165) is 30.1 Å². The highest BCUT2D eigenvalue weighted by atomic mass is 16.4. The van der Waals surface area contributed by atoms with Crippen LogP contribution in [-0.2, 0) is 4.79 Å². The lowest BCUT2D eigenvalue weighted by Gasteiger charge is -2.38. The molecule has 0 aliphatic heterocycles. The van der Waals surface area contributed by atoms with Crippen LogP contribution in [0, 0.1) is 23.7 Å². The summed E-state index contributed by atoms with van der Waals surface area (Å²) in [6.07, 6.45) is 31.1. The van der Waals surface area contributed by atoms with Crippen molar-refractivity contribution in [2.24, 2.45) is 23.7 Å². The molecular formula is C27H46O2. The Balaban J connectivity index is 1.51. The maximum Gasteiger partial charge on any atom is 0.328 e. The van der Waals surface area contributed by atoms with Gasteiger partial charge in [0.1, 0.15) is 0 Å². The smallest absolute Gasteiger partial charge is 0.328 e. The molecule has 0 saturated heterocycles. The van der Waals surface area contributed by atoms with E-state index in [4.69, 9.17) is 5.11 Å². The molecule has 0 heterocycles. The molecule has 0 aromatic carbocycles. The molecule has 2 nitrogen and oxygen atoms in total. The summed E-state index contributed by atoms with van der Waals surface area (Å²) in [5.74, 6) is 3.17. The molecule has 0 amide bonds. The van der Waals surface area contributed by atoms with Gasteiger partial charge >= 0.3 is 5.97 Å². The lowest BCUT2D eigenvalue weighted by Crippen LogP contribution is -2.25. The fourth-order valence-electron chi connectivity index (χ4n) is 5.77. The molecule has 166 valence electrons. The van der Waals surface area contributed by atoms with Crippen LogP contribution >= 0.6 is 0 Å². The Labute approximate surface area is 180 Å². The van der Waals surface area contributed by atoms with Crippen LogP contribution in [0.25, 0.3) is 0 Å². The zero-order valence-corrected chi connectivity index (χ0v) is 19.0. The van der Waals surface area contributed by atoms with Crippen molar-refractivity contribution in [3.8, 4) is 0 Å². The summed E-state index contributed by atoms with van der Waals surface area (Å²) in [5, 5.41) is 8.55. The summed E-state index contributed by atoms with van der Waals surface area (Å²) in [6.45, 7) is 2.30. The fraction of sp³-hybridized carbons (Fsp3) is 0.815. The fourth-order valence-corrected chi connectivity index (χ4v) is 5.77. The maximum atomic E-state index is 10.4. The van der Waals surface area contributed by atoms with Crippen LogP contribution < -0.4 is 0 Å². The number of carbonyl (C=O) groups is 1. The van der Waals surface area contributed by atoms with E-state index >= 15 is 0 Å². The molecule has 0 spiro atoms. The number of hydrogen-bond acceptors (Lipinski definition) is 1. The molecule has 2 aliphatic rings. The summed E-state index contributed by atoms with van der Waals surface area (Å²) in [5.41, 5.74) is 0. The van der Waals surface area contributed by atoms with E-state index in [1.807, 2.05) is 6.08 Å². The molecule has 0 atom stereocenters. The average molecular weight is 403 g/mol. The lowest BCUT2D eigenvalue weighted by molar-refractivity contribution is -0.131. The second kappa shape index (κ2) is 14.9. The highest BCUT2D eigenvalue weighted by molar-refractivity contribution is 5.80. The molecule has 2 heteroatoms. The summed E-state index contributed by atoms with van der Waals surface area (Å²) in [7, 11) is 0. The summed E-state index contributed by atoms with van der Waals surface area (Å²) < 4.78 is 0. The molecule has 2 rings (SSSR count). The molecule has 29 heavy (non-hydrogen) atoms. The van der Waals surface area contributed by atoms with Crippen molar-refractivity contribution >= 4 is 5.97 Å². The van der Waals surface area contributed by atoms with E-state index in [1.54, 1.807) is 6.08 Å². The van der Waals surface area contributed by atoms with Crippen LogP contribution in [0.4, 0.5) is 0 Å². The third-order valence-electron chi connectivity index (χ3n) is 7.63. The van der Waals surface area contributed by atoms with Gasteiger partial charge in [0.05, 0.1) is 0 Å². The molecule has 2 saturated carbocycles. The van der Waals surface area contributed by atoms with Crippen LogP contribution in [0.2, 0.25) is 0 Å². The number of carboxylic acids is 1. The highest BCUT2D eigenvalue weighted by Crippen LogP contribution is 2.43. The Morgan fingerprint density at radius 2 is 1.31 bits per heavy atom. The molecule has 2 fully saturated rings. The molecule has 0 bridgehead atoms. The van der Waals surface area contributed by atoms with Crippen molar-refractivity contribution < 1.29 is 9.90 Å². The van der Waals surface area contributed by atoms with Gasteiger partial charge < -0.3 is 5.11 Å². The van der Waals surface area contributed by atoms with Gasteiger partial charge in [-0.2, -0.15) is 0 Å². The van der Waals surface area contributed by atoms with Gasteiger partial charge in [0.25, 0.3) is 0 Å². The van der Waals surface area contributed by atoms with Crippen LogP contribution in [0.15, 0.2) is 24.3 Å². The first-order valence-electron chi connectivity index (χ1n) is 12.7. The lowest BCUT2D eigenvalue weighted by atomic mass is 9.68. The van der Waals surface area contributed by atoms with Crippen LogP contribution in [0.3, 0.4) is 0 Å². The van der Waals surface area contributed by atoms with Crippen LogP contribution in [0.1, 0.15) is 116 Å². The number of allylic oxidation sites excluding steroid dienone is 3. The van der Waals surface area contributed by atoms with E-state index in [0.29, 0.717) is 0 Å². The summed E-state index contributed by atoms with van der Waals surface area (Å²) in [4.78, 5) is 10.4. The van der Waals surface area contributed by atoms with Gasteiger partial charge in [0, 0.05) is 6.08 Å². The normalized spacial score (nSPS) is 28.3. The quantitative estimate of drug-likeness (QED) is 0.191. The average Bonchev–Trinajstić information content (AvgIpc) is 2.74. The molecule has 0 unspecified atom stereocenters. The van der Waals surface area contributed by atoms with Gasteiger partial charge in [0.15, 0.2) is 0 Å². The molecule has 0 radical (unpaired) electrons. The molecule has 0 aromatic rings. The zero-order valence-electron chi connectivity index (χ0n) is 19.0. The largest absolute Gasteiger partial charge is 0.478 e. The van der Waals surface area contributed by atoms with Crippen LogP contribution in [-0.4, -0.2) is 11.1 Å². The van der Waals surface area contributed by atoms with Gasteiger partial charge in [-0.15, -0.1) is 0 Å². The van der Waals surface area contributed by atoms with E-state index in [-0.39, 0.29) is 0 Å². The van der Waals surface area contributed by atoms with Gasteiger partial charge in [-0.3, -0.25) is 0 Å². The number of hydrogen-bond donors (Lipinski definition) is 1. The Morgan fingerprint density at radius 3 is 1.86 bits per heavy atom. The third kappa shape index (κ3) is 10.5. The standard InChI is InChI=1S/C27H46O2/c1-2-3-4-6-9-12-23-15-19-25(20-16-23)26-21-17-24(18-22-26)13-10-7-5-8-11-14-27(28)29/h5,8,11,14,23-26H,2-4,6-7,9-10,12-13,15-22H2,1H3,(H,28,29)/b8-5+,14-11+/t23-,24-,25-,26-.